The lowest BCUT2D eigenvalue weighted by atomic mass is 10.3. The molecule has 0 saturated carbocycles. The number of hydrogen-bond donors (Lipinski definition) is 2. The van der Waals surface area contributed by atoms with E-state index < -0.39 is 0 Å². The molecular formula is C15H16N4S2. The van der Waals surface area contributed by atoms with E-state index >= 15 is 0 Å². The molecule has 3 aromatic rings. The molecule has 2 N–H and O–H groups in total. The van der Waals surface area contributed by atoms with Gasteiger partial charge in [0.1, 0.15) is 5.82 Å². The molecule has 0 amide bonds. The van der Waals surface area contributed by atoms with E-state index in [0.29, 0.717) is 5.95 Å². The quantitative estimate of drug-likeness (QED) is 0.718. The van der Waals surface area contributed by atoms with Gasteiger partial charge in [0.05, 0.1) is 13.1 Å². The maximum Gasteiger partial charge on any atom is 0.224 e. The van der Waals surface area contributed by atoms with Gasteiger partial charge < -0.3 is 10.6 Å². The molecule has 0 unspecified atom stereocenters. The summed E-state index contributed by atoms with van der Waals surface area (Å²) in [4.78, 5) is 11.4. The van der Waals surface area contributed by atoms with Crippen molar-refractivity contribution >= 4 is 34.4 Å². The molecule has 3 rings (SSSR count). The Bertz CT molecular complexity index is 678. The summed E-state index contributed by atoms with van der Waals surface area (Å²) < 4.78 is 0. The normalized spacial score (nSPS) is 10.5. The van der Waals surface area contributed by atoms with Crippen LogP contribution in [0.4, 0.5) is 11.8 Å². The van der Waals surface area contributed by atoms with Crippen molar-refractivity contribution in [3.05, 3.63) is 56.5 Å². The second-order valence-corrected chi connectivity index (χ2v) is 6.66. The summed E-state index contributed by atoms with van der Waals surface area (Å²) in [5.74, 6) is 1.54. The van der Waals surface area contributed by atoms with E-state index in [2.05, 4.69) is 49.6 Å². The van der Waals surface area contributed by atoms with Gasteiger partial charge in [-0.25, -0.2) is 4.98 Å². The third-order valence-corrected chi connectivity index (χ3v) is 4.74. The summed E-state index contributed by atoms with van der Waals surface area (Å²) in [6, 6.07) is 8.32. The van der Waals surface area contributed by atoms with Crippen LogP contribution >= 0.6 is 22.7 Å². The van der Waals surface area contributed by atoms with E-state index in [0.717, 1.165) is 24.5 Å². The predicted octanol–water partition coefficient (Wildman–Crippen LogP) is 4.13. The Kier molecular flexibility index (Phi) is 4.47. The third kappa shape index (κ3) is 3.80. The maximum atomic E-state index is 4.55. The molecule has 21 heavy (non-hydrogen) atoms. The molecule has 0 aliphatic carbocycles. The van der Waals surface area contributed by atoms with Crippen molar-refractivity contribution in [1.82, 2.24) is 9.97 Å². The Hall–Kier alpha value is -1.92. The number of nitrogens with zero attached hydrogens (tertiary/aromatic N) is 2. The molecular weight excluding hydrogens is 300 g/mol. The van der Waals surface area contributed by atoms with E-state index in [1.165, 1.54) is 9.75 Å². The van der Waals surface area contributed by atoms with Crippen LogP contribution in [0.1, 0.15) is 15.3 Å². The molecule has 4 nitrogen and oxygen atoms in total. The number of thiophene rings is 2. The molecule has 0 aliphatic rings. The van der Waals surface area contributed by atoms with Gasteiger partial charge in [-0.15, -0.1) is 22.7 Å². The molecule has 6 heteroatoms. The predicted molar refractivity (Wildman–Crippen MR) is 90.1 cm³/mol. The summed E-state index contributed by atoms with van der Waals surface area (Å²) in [5, 5.41) is 10.8. The average Bonchev–Trinajstić information content (AvgIpc) is 3.18. The first-order chi connectivity index (χ1) is 10.3. The van der Waals surface area contributed by atoms with Crippen LogP contribution in [-0.4, -0.2) is 9.97 Å². The summed E-state index contributed by atoms with van der Waals surface area (Å²) in [6.07, 6.45) is 1.85. The molecule has 0 radical (unpaired) electrons. The molecule has 0 aliphatic heterocycles. The standard InChI is InChI=1S/C15H16N4S2/c1-11-8-17-15(18-10-13-5-3-7-21-13)19-14(11)16-9-12-4-2-6-20-12/h2-8H,9-10H2,1H3,(H2,16,17,18,19). The zero-order chi connectivity index (χ0) is 14.5. The molecule has 0 spiro atoms. The number of nitrogens with one attached hydrogen (secondary N) is 2. The van der Waals surface area contributed by atoms with Crippen LogP contribution in [-0.2, 0) is 13.1 Å². The third-order valence-electron chi connectivity index (χ3n) is 2.98. The average molecular weight is 316 g/mol. The smallest absolute Gasteiger partial charge is 0.224 e. The summed E-state index contributed by atoms with van der Waals surface area (Å²) >= 11 is 3.47. The zero-order valence-corrected chi connectivity index (χ0v) is 13.3. The van der Waals surface area contributed by atoms with Crippen LogP contribution in [0.5, 0.6) is 0 Å². The summed E-state index contributed by atoms with van der Waals surface area (Å²) in [7, 11) is 0. The van der Waals surface area contributed by atoms with Crippen LogP contribution in [0.15, 0.2) is 41.2 Å². The molecule has 3 aromatic heterocycles. The number of anilines is 2. The van der Waals surface area contributed by atoms with Crippen LogP contribution in [0, 0.1) is 6.92 Å². The van der Waals surface area contributed by atoms with Gasteiger partial charge in [0.25, 0.3) is 0 Å². The first-order valence-electron chi connectivity index (χ1n) is 6.67. The molecule has 3 heterocycles. The maximum absolute atomic E-state index is 4.55. The Morgan fingerprint density at radius 3 is 2.29 bits per heavy atom. The fourth-order valence-corrected chi connectivity index (χ4v) is 3.16. The number of aromatic nitrogens is 2. The number of aryl methyl sites for hydroxylation is 1. The van der Waals surface area contributed by atoms with Crippen LogP contribution in [0.25, 0.3) is 0 Å². The van der Waals surface area contributed by atoms with Crippen molar-refractivity contribution < 1.29 is 0 Å². The van der Waals surface area contributed by atoms with Gasteiger partial charge in [0.15, 0.2) is 0 Å². The first kappa shape index (κ1) is 14.0. The summed E-state index contributed by atoms with van der Waals surface area (Å²) in [5.41, 5.74) is 1.05. The Labute approximate surface area is 131 Å². The highest BCUT2D eigenvalue weighted by molar-refractivity contribution is 7.10. The van der Waals surface area contributed by atoms with Crippen molar-refractivity contribution in [3.63, 3.8) is 0 Å². The fourth-order valence-electron chi connectivity index (χ4n) is 1.87. The lowest BCUT2D eigenvalue weighted by Crippen LogP contribution is -2.07. The van der Waals surface area contributed by atoms with Gasteiger partial charge in [-0.2, -0.15) is 4.98 Å². The van der Waals surface area contributed by atoms with E-state index in [1.807, 2.05) is 19.2 Å². The largest absolute Gasteiger partial charge is 0.365 e. The van der Waals surface area contributed by atoms with Gasteiger partial charge in [0.2, 0.25) is 5.95 Å². The number of rotatable bonds is 6. The minimum atomic E-state index is 0.655. The van der Waals surface area contributed by atoms with Crippen LogP contribution in [0.3, 0.4) is 0 Å². The highest BCUT2D eigenvalue weighted by atomic mass is 32.1. The molecule has 0 fully saturated rings. The van der Waals surface area contributed by atoms with Crippen molar-refractivity contribution in [1.29, 1.82) is 0 Å². The molecule has 0 aromatic carbocycles. The summed E-state index contributed by atoms with van der Waals surface area (Å²) in [6.45, 7) is 3.56. The molecule has 108 valence electrons. The molecule has 0 saturated heterocycles. The minimum absolute atomic E-state index is 0.655. The Morgan fingerprint density at radius 1 is 1.00 bits per heavy atom. The van der Waals surface area contributed by atoms with Gasteiger partial charge in [-0.3, -0.25) is 0 Å². The topological polar surface area (TPSA) is 49.8 Å². The lowest BCUT2D eigenvalue weighted by molar-refractivity contribution is 1.03. The van der Waals surface area contributed by atoms with Gasteiger partial charge in [0, 0.05) is 21.5 Å². The van der Waals surface area contributed by atoms with Gasteiger partial charge in [-0.05, 0) is 29.8 Å². The SMILES string of the molecule is Cc1cnc(NCc2cccs2)nc1NCc1cccs1. The second kappa shape index (κ2) is 6.69. The van der Waals surface area contributed by atoms with Crippen molar-refractivity contribution in [3.8, 4) is 0 Å². The zero-order valence-electron chi connectivity index (χ0n) is 11.7. The van der Waals surface area contributed by atoms with E-state index in [4.69, 9.17) is 0 Å². The van der Waals surface area contributed by atoms with E-state index in [9.17, 15) is 0 Å². The molecule has 0 bridgehead atoms. The monoisotopic (exact) mass is 316 g/mol. The van der Waals surface area contributed by atoms with Gasteiger partial charge in [-0.1, -0.05) is 12.1 Å². The van der Waals surface area contributed by atoms with Crippen molar-refractivity contribution in [2.24, 2.45) is 0 Å². The van der Waals surface area contributed by atoms with Crippen molar-refractivity contribution in [2.45, 2.75) is 20.0 Å². The minimum Gasteiger partial charge on any atom is -0.365 e. The van der Waals surface area contributed by atoms with Crippen LogP contribution < -0.4 is 10.6 Å². The Morgan fingerprint density at radius 2 is 1.67 bits per heavy atom. The van der Waals surface area contributed by atoms with E-state index in [1.54, 1.807) is 22.7 Å². The number of hydrogen-bond acceptors (Lipinski definition) is 6. The molecule has 0 atom stereocenters. The highest BCUT2D eigenvalue weighted by Gasteiger charge is 2.04. The lowest BCUT2D eigenvalue weighted by Gasteiger charge is -2.10. The van der Waals surface area contributed by atoms with Crippen molar-refractivity contribution in [2.75, 3.05) is 10.6 Å². The second-order valence-electron chi connectivity index (χ2n) is 4.59. The van der Waals surface area contributed by atoms with Crippen LogP contribution in [0.2, 0.25) is 0 Å². The van der Waals surface area contributed by atoms with E-state index in [-0.39, 0.29) is 0 Å². The van der Waals surface area contributed by atoms with Gasteiger partial charge >= 0.3 is 0 Å². The Balaban J connectivity index is 1.64. The highest BCUT2D eigenvalue weighted by Crippen LogP contribution is 2.17. The fraction of sp³-hybridized carbons (Fsp3) is 0.200. The first-order valence-corrected chi connectivity index (χ1v) is 8.43.